The van der Waals surface area contributed by atoms with Crippen molar-refractivity contribution in [2.75, 3.05) is 13.1 Å². The highest BCUT2D eigenvalue weighted by atomic mass is 16.4. The molecule has 6 heteroatoms. The SMILES string of the molecule is CC(CC(=O)N1CCC(C)(C(=O)O)C1)NC(=O)C1CCCCC1. The zero-order valence-corrected chi connectivity index (χ0v) is 14.1. The van der Waals surface area contributed by atoms with Gasteiger partial charge < -0.3 is 15.3 Å². The summed E-state index contributed by atoms with van der Waals surface area (Å²) in [6.07, 6.45) is 6.01. The minimum absolute atomic E-state index is 0.0572. The second-order valence-electron chi connectivity index (χ2n) is 7.38. The molecule has 6 nitrogen and oxygen atoms in total. The number of carbonyl (C=O) groups is 3. The van der Waals surface area contributed by atoms with Gasteiger partial charge in [-0.2, -0.15) is 0 Å². The number of amides is 2. The van der Waals surface area contributed by atoms with E-state index in [0.717, 1.165) is 25.7 Å². The predicted octanol–water partition coefficient (Wildman–Crippen LogP) is 1.78. The Bertz CT molecular complexity index is 473. The van der Waals surface area contributed by atoms with E-state index < -0.39 is 11.4 Å². The zero-order valence-electron chi connectivity index (χ0n) is 14.1. The maximum atomic E-state index is 12.3. The molecule has 0 aromatic heterocycles. The van der Waals surface area contributed by atoms with Crippen LogP contribution >= 0.6 is 0 Å². The smallest absolute Gasteiger partial charge is 0.311 e. The summed E-state index contributed by atoms with van der Waals surface area (Å²) < 4.78 is 0. The Morgan fingerprint density at radius 3 is 2.48 bits per heavy atom. The standard InChI is InChI=1S/C17H28N2O4/c1-12(18-15(21)13-6-4-3-5-7-13)10-14(20)19-9-8-17(2,11-19)16(22)23/h12-13H,3-11H2,1-2H3,(H,18,21)(H,22,23). The molecule has 0 radical (unpaired) electrons. The van der Waals surface area contributed by atoms with Crippen molar-refractivity contribution in [2.24, 2.45) is 11.3 Å². The number of aliphatic carboxylic acids is 1. The van der Waals surface area contributed by atoms with E-state index in [1.165, 1.54) is 6.42 Å². The molecule has 0 spiro atoms. The molecule has 2 atom stereocenters. The van der Waals surface area contributed by atoms with Gasteiger partial charge in [0.25, 0.3) is 0 Å². The van der Waals surface area contributed by atoms with Crippen molar-refractivity contribution in [2.45, 2.75) is 64.8 Å². The van der Waals surface area contributed by atoms with Crippen LogP contribution in [0.15, 0.2) is 0 Å². The molecule has 0 aromatic carbocycles. The number of carboxylic acids is 1. The molecule has 23 heavy (non-hydrogen) atoms. The zero-order chi connectivity index (χ0) is 17.0. The summed E-state index contributed by atoms with van der Waals surface area (Å²) in [5.74, 6) is -0.789. The second kappa shape index (κ2) is 7.32. The molecule has 2 rings (SSSR count). The maximum Gasteiger partial charge on any atom is 0.311 e. The van der Waals surface area contributed by atoms with Crippen LogP contribution in [0.1, 0.15) is 58.8 Å². The van der Waals surface area contributed by atoms with Crippen molar-refractivity contribution in [3.05, 3.63) is 0 Å². The Hall–Kier alpha value is -1.59. The first-order valence-corrected chi connectivity index (χ1v) is 8.63. The van der Waals surface area contributed by atoms with Crippen LogP contribution in [0.4, 0.5) is 0 Å². The van der Waals surface area contributed by atoms with E-state index in [1.54, 1.807) is 11.8 Å². The molecule has 130 valence electrons. The van der Waals surface area contributed by atoms with Crippen LogP contribution in [0.2, 0.25) is 0 Å². The van der Waals surface area contributed by atoms with Gasteiger partial charge in [-0.1, -0.05) is 19.3 Å². The van der Waals surface area contributed by atoms with Crippen molar-refractivity contribution < 1.29 is 19.5 Å². The van der Waals surface area contributed by atoms with Gasteiger partial charge in [0.1, 0.15) is 0 Å². The molecule has 1 saturated heterocycles. The normalized spacial score (nSPS) is 26.8. The summed E-state index contributed by atoms with van der Waals surface area (Å²) >= 11 is 0. The summed E-state index contributed by atoms with van der Waals surface area (Å²) in [4.78, 5) is 37.3. The lowest BCUT2D eigenvalue weighted by atomic mass is 9.88. The van der Waals surface area contributed by atoms with Crippen molar-refractivity contribution in [1.29, 1.82) is 0 Å². The monoisotopic (exact) mass is 324 g/mol. The average Bonchev–Trinajstić information content (AvgIpc) is 2.92. The van der Waals surface area contributed by atoms with Crippen LogP contribution in [0.5, 0.6) is 0 Å². The van der Waals surface area contributed by atoms with Gasteiger partial charge in [0.2, 0.25) is 11.8 Å². The first kappa shape index (κ1) is 17.8. The molecule has 2 N–H and O–H groups in total. The molecule has 1 saturated carbocycles. The van der Waals surface area contributed by atoms with Gasteiger partial charge in [0.15, 0.2) is 0 Å². The highest BCUT2D eigenvalue weighted by Gasteiger charge is 2.42. The van der Waals surface area contributed by atoms with Crippen molar-refractivity contribution in [3.63, 3.8) is 0 Å². The summed E-state index contributed by atoms with van der Waals surface area (Å²) in [6.45, 7) is 4.25. The topological polar surface area (TPSA) is 86.7 Å². The molecule has 2 aliphatic rings. The van der Waals surface area contributed by atoms with Crippen molar-refractivity contribution in [1.82, 2.24) is 10.2 Å². The van der Waals surface area contributed by atoms with E-state index in [4.69, 9.17) is 0 Å². The quantitative estimate of drug-likeness (QED) is 0.807. The lowest BCUT2D eigenvalue weighted by molar-refractivity contribution is -0.147. The van der Waals surface area contributed by atoms with Crippen LogP contribution in [0.25, 0.3) is 0 Å². The van der Waals surface area contributed by atoms with Crippen molar-refractivity contribution >= 4 is 17.8 Å². The Labute approximate surface area is 137 Å². The maximum absolute atomic E-state index is 12.3. The Morgan fingerprint density at radius 2 is 1.91 bits per heavy atom. The summed E-state index contributed by atoms with van der Waals surface area (Å²) in [5, 5.41) is 12.2. The number of carbonyl (C=O) groups excluding carboxylic acids is 2. The van der Waals surface area contributed by atoms with E-state index in [-0.39, 0.29) is 36.7 Å². The summed E-state index contributed by atoms with van der Waals surface area (Å²) in [6, 6.07) is -0.214. The van der Waals surface area contributed by atoms with Gasteiger partial charge in [-0.15, -0.1) is 0 Å². The van der Waals surface area contributed by atoms with E-state index in [0.29, 0.717) is 13.0 Å². The van der Waals surface area contributed by atoms with Crippen LogP contribution in [-0.4, -0.2) is 46.9 Å². The molecule has 2 unspecified atom stereocenters. The van der Waals surface area contributed by atoms with Crippen LogP contribution in [0.3, 0.4) is 0 Å². The Kier molecular flexibility index (Phi) is 5.65. The molecule has 1 heterocycles. The van der Waals surface area contributed by atoms with Crippen LogP contribution < -0.4 is 5.32 Å². The van der Waals surface area contributed by atoms with Gasteiger partial charge >= 0.3 is 5.97 Å². The highest BCUT2D eigenvalue weighted by molar-refractivity contribution is 5.82. The van der Waals surface area contributed by atoms with Crippen molar-refractivity contribution in [3.8, 4) is 0 Å². The molecule has 0 aromatic rings. The number of hydrogen-bond donors (Lipinski definition) is 2. The fraction of sp³-hybridized carbons (Fsp3) is 0.824. The third-order valence-corrected chi connectivity index (χ3v) is 5.19. The Morgan fingerprint density at radius 1 is 1.26 bits per heavy atom. The van der Waals surface area contributed by atoms with Gasteiger partial charge in [-0.05, 0) is 33.1 Å². The van der Waals surface area contributed by atoms with E-state index in [2.05, 4.69) is 5.32 Å². The number of nitrogens with zero attached hydrogens (tertiary/aromatic N) is 1. The first-order valence-electron chi connectivity index (χ1n) is 8.63. The minimum atomic E-state index is -0.855. The van der Waals surface area contributed by atoms with Crippen LogP contribution in [0, 0.1) is 11.3 Å². The Balaban J connectivity index is 1.78. The number of nitrogens with one attached hydrogen (secondary N) is 1. The fourth-order valence-corrected chi connectivity index (χ4v) is 3.52. The average molecular weight is 324 g/mol. The molecule has 2 fully saturated rings. The van der Waals surface area contributed by atoms with Gasteiger partial charge in [-0.25, -0.2) is 0 Å². The molecule has 0 bridgehead atoms. The number of carboxylic acid groups (broad SMARTS) is 1. The molecular formula is C17H28N2O4. The molecule has 1 aliphatic carbocycles. The fourth-order valence-electron chi connectivity index (χ4n) is 3.52. The first-order chi connectivity index (χ1) is 10.8. The van der Waals surface area contributed by atoms with E-state index in [9.17, 15) is 19.5 Å². The lowest BCUT2D eigenvalue weighted by Gasteiger charge is -2.25. The largest absolute Gasteiger partial charge is 0.481 e. The number of rotatable bonds is 5. The number of hydrogen-bond acceptors (Lipinski definition) is 3. The summed E-state index contributed by atoms with van der Waals surface area (Å²) in [7, 11) is 0. The van der Waals surface area contributed by atoms with Gasteiger partial charge in [0.05, 0.1) is 5.41 Å². The highest BCUT2D eigenvalue weighted by Crippen LogP contribution is 2.30. The van der Waals surface area contributed by atoms with Gasteiger partial charge in [-0.3, -0.25) is 14.4 Å². The summed E-state index contributed by atoms with van der Waals surface area (Å²) in [5.41, 5.74) is -0.843. The molecule has 2 amide bonds. The third kappa shape index (κ3) is 4.45. The van der Waals surface area contributed by atoms with Crippen LogP contribution in [-0.2, 0) is 14.4 Å². The molecule has 1 aliphatic heterocycles. The third-order valence-electron chi connectivity index (χ3n) is 5.19. The lowest BCUT2D eigenvalue weighted by Crippen LogP contribution is -2.42. The van der Waals surface area contributed by atoms with E-state index in [1.807, 2.05) is 6.92 Å². The predicted molar refractivity (Wildman–Crippen MR) is 85.7 cm³/mol. The van der Waals surface area contributed by atoms with Gasteiger partial charge in [0, 0.05) is 31.5 Å². The minimum Gasteiger partial charge on any atom is -0.481 e. The number of likely N-dealkylation sites (tertiary alicyclic amines) is 1. The second-order valence-corrected chi connectivity index (χ2v) is 7.38. The van der Waals surface area contributed by atoms with E-state index >= 15 is 0 Å². The molecular weight excluding hydrogens is 296 g/mol.